The van der Waals surface area contributed by atoms with Crippen LogP contribution < -0.4 is 0 Å². The van der Waals surface area contributed by atoms with Crippen molar-refractivity contribution in [1.82, 2.24) is 4.98 Å². The fraction of sp³-hybridized carbons (Fsp3) is 0.231. The molecule has 2 nitrogen and oxygen atoms in total. The molecule has 0 saturated carbocycles. The number of thiazole rings is 1. The summed E-state index contributed by atoms with van der Waals surface area (Å²) in [5.41, 5.74) is 2.29. The average Bonchev–Trinajstić information content (AvgIpc) is 2.99. The summed E-state index contributed by atoms with van der Waals surface area (Å²) in [6.07, 6.45) is 0. The number of hydrogen-bond donors (Lipinski definition) is 0. The highest BCUT2D eigenvalue weighted by molar-refractivity contribution is 8.15. The van der Waals surface area contributed by atoms with Crippen LogP contribution in [0.4, 0.5) is 0 Å². The summed E-state index contributed by atoms with van der Waals surface area (Å²) in [6, 6.07) is 10.3. The summed E-state index contributed by atoms with van der Waals surface area (Å²) in [7, 11) is 0. The fourth-order valence-electron chi connectivity index (χ4n) is 1.77. The molecule has 0 fully saturated rings. The first-order valence-electron chi connectivity index (χ1n) is 5.55. The molecule has 1 aromatic carbocycles. The fourth-order valence-corrected chi connectivity index (χ4v) is 3.89. The molecule has 0 unspecified atom stereocenters. The smallest absolute Gasteiger partial charge is 0.124 e. The number of hydrogen-bond acceptors (Lipinski definition) is 4. The zero-order chi connectivity index (χ0) is 11.7. The van der Waals surface area contributed by atoms with Crippen molar-refractivity contribution in [2.45, 2.75) is 6.92 Å². The summed E-state index contributed by atoms with van der Waals surface area (Å²) in [5, 5.41) is 2.26. The number of thioether (sulfide) groups is 1. The van der Waals surface area contributed by atoms with Gasteiger partial charge >= 0.3 is 0 Å². The standard InChI is InChI=1S/C13H12N2S2/c1-9-11(13-14-7-8-16-13)17-12(15-9)10-5-3-2-4-6-10/h2-6H,7-8H2,1H3. The molecule has 0 atom stereocenters. The Morgan fingerprint density at radius 2 is 2.00 bits per heavy atom. The quantitative estimate of drug-likeness (QED) is 0.824. The molecule has 4 heteroatoms. The molecule has 2 aromatic rings. The predicted molar refractivity (Wildman–Crippen MR) is 76.1 cm³/mol. The average molecular weight is 260 g/mol. The Kier molecular flexibility index (Phi) is 2.99. The van der Waals surface area contributed by atoms with E-state index in [1.807, 2.05) is 30.0 Å². The number of nitrogens with zero attached hydrogens (tertiary/aromatic N) is 2. The first kappa shape index (κ1) is 11.0. The number of aromatic nitrogens is 1. The van der Waals surface area contributed by atoms with Crippen LogP contribution in [0.1, 0.15) is 10.6 Å². The molecule has 86 valence electrons. The molecule has 0 saturated heterocycles. The van der Waals surface area contributed by atoms with Crippen LogP contribution in [0.25, 0.3) is 10.6 Å². The molecule has 2 heterocycles. The van der Waals surface area contributed by atoms with Crippen molar-refractivity contribution in [1.29, 1.82) is 0 Å². The molecule has 0 radical (unpaired) electrons. The second kappa shape index (κ2) is 4.63. The van der Waals surface area contributed by atoms with E-state index in [1.54, 1.807) is 11.3 Å². The van der Waals surface area contributed by atoms with Gasteiger partial charge in [-0.3, -0.25) is 4.99 Å². The molecule has 0 spiro atoms. The van der Waals surface area contributed by atoms with Crippen LogP contribution in [0.2, 0.25) is 0 Å². The Hall–Kier alpha value is -1.13. The lowest BCUT2D eigenvalue weighted by atomic mass is 10.2. The van der Waals surface area contributed by atoms with E-state index in [2.05, 4.69) is 29.0 Å². The summed E-state index contributed by atoms with van der Waals surface area (Å²) >= 11 is 3.59. The monoisotopic (exact) mass is 260 g/mol. The molecule has 1 aromatic heterocycles. The molecule has 0 N–H and O–H groups in total. The lowest BCUT2D eigenvalue weighted by Gasteiger charge is -1.94. The van der Waals surface area contributed by atoms with Gasteiger partial charge < -0.3 is 0 Å². The minimum absolute atomic E-state index is 0.942. The van der Waals surface area contributed by atoms with Crippen molar-refractivity contribution >= 4 is 28.1 Å². The van der Waals surface area contributed by atoms with Gasteiger partial charge in [0.2, 0.25) is 0 Å². The number of benzene rings is 1. The number of aliphatic imine (C=N–C) groups is 1. The molecule has 1 aliphatic rings. The highest BCUT2D eigenvalue weighted by Gasteiger charge is 2.17. The van der Waals surface area contributed by atoms with Gasteiger partial charge in [0.05, 0.1) is 10.6 Å². The third-order valence-corrected chi connectivity index (χ3v) is 4.93. The largest absolute Gasteiger partial charge is 0.276 e. The summed E-state index contributed by atoms with van der Waals surface area (Å²) in [5.74, 6) is 1.10. The SMILES string of the molecule is Cc1nc(-c2ccccc2)sc1C1=NCCS1. The van der Waals surface area contributed by atoms with Gasteiger partial charge in [-0.15, -0.1) is 23.1 Å². The zero-order valence-corrected chi connectivity index (χ0v) is 11.1. The highest BCUT2D eigenvalue weighted by atomic mass is 32.2. The molecular formula is C13H12N2S2. The minimum Gasteiger partial charge on any atom is -0.276 e. The van der Waals surface area contributed by atoms with E-state index in [9.17, 15) is 0 Å². The van der Waals surface area contributed by atoms with E-state index in [0.717, 1.165) is 23.0 Å². The first-order valence-corrected chi connectivity index (χ1v) is 7.35. The molecule has 0 bridgehead atoms. The molecular weight excluding hydrogens is 248 g/mol. The van der Waals surface area contributed by atoms with Crippen LogP contribution in [-0.4, -0.2) is 22.3 Å². The van der Waals surface area contributed by atoms with E-state index < -0.39 is 0 Å². The maximum atomic E-state index is 4.65. The summed E-state index contributed by atoms with van der Waals surface area (Å²) < 4.78 is 0. The molecule has 0 aliphatic carbocycles. The maximum absolute atomic E-state index is 4.65. The Morgan fingerprint density at radius 3 is 2.71 bits per heavy atom. The molecule has 1 aliphatic heterocycles. The Balaban J connectivity index is 2.01. The normalized spacial score (nSPS) is 15.0. The van der Waals surface area contributed by atoms with E-state index in [-0.39, 0.29) is 0 Å². The Labute approximate surface area is 109 Å². The van der Waals surface area contributed by atoms with E-state index in [1.165, 1.54) is 15.5 Å². The van der Waals surface area contributed by atoms with Crippen LogP contribution in [-0.2, 0) is 0 Å². The van der Waals surface area contributed by atoms with Crippen LogP contribution in [0.15, 0.2) is 35.3 Å². The van der Waals surface area contributed by atoms with Crippen LogP contribution in [0.5, 0.6) is 0 Å². The molecule has 17 heavy (non-hydrogen) atoms. The summed E-state index contributed by atoms with van der Waals surface area (Å²) in [4.78, 5) is 10.4. The minimum atomic E-state index is 0.942. The van der Waals surface area contributed by atoms with Gasteiger partial charge in [0.25, 0.3) is 0 Å². The van der Waals surface area contributed by atoms with E-state index >= 15 is 0 Å². The van der Waals surface area contributed by atoms with Crippen molar-refractivity contribution in [3.8, 4) is 10.6 Å². The third-order valence-electron chi connectivity index (χ3n) is 2.60. The van der Waals surface area contributed by atoms with Crippen molar-refractivity contribution in [2.24, 2.45) is 4.99 Å². The summed E-state index contributed by atoms with van der Waals surface area (Å²) in [6.45, 7) is 3.01. The van der Waals surface area contributed by atoms with Gasteiger partial charge in [0.15, 0.2) is 0 Å². The molecule has 0 amide bonds. The van der Waals surface area contributed by atoms with Crippen LogP contribution in [0.3, 0.4) is 0 Å². The lowest BCUT2D eigenvalue weighted by molar-refractivity contribution is 1.17. The van der Waals surface area contributed by atoms with Gasteiger partial charge in [-0.2, -0.15) is 0 Å². The lowest BCUT2D eigenvalue weighted by Crippen LogP contribution is -1.90. The van der Waals surface area contributed by atoms with E-state index in [0.29, 0.717) is 0 Å². The Morgan fingerprint density at radius 1 is 1.18 bits per heavy atom. The second-order valence-electron chi connectivity index (χ2n) is 3.83. The van der Waals surface area contributed by atoms with Crippen LogP contribution >= 0.6 is 23.1 Å². The van der Waals surface area contributed by atoms with Crippen molar-refractivity contribution in [3.63, 3.8) is 0 Å². The van der Waals surface area contributed by atoms with E-state index in [4.69, 9.17) is 0 Å². The van der Waals surface area contributed by atoms with Gasteiger partial charge in [0.1, 0.15) is 10.1 Å². The Bertz CT molecular complexity index is 558. The zero-order valence-electron chi connectivity index (χ0n) is 9.51. The van der Waals surface area contributed by atoms with Crippen molar-refractivity contribution < 1.29 is 0 Å². The highest BCUT2D eigenvalue weighted by Crippen LogP contribution is 2.32. The predicted octanol–water partition coefficient (Wildman–Crippen LogP) is 3.61. The van der Waals surface area contributed by atoms with Gasteiger partial charge in [-0.1, -0.05) is 30.3 Å². The number of rotatable bonds is 2. The topological polar surface area (TPSA) is 25.2 Å². The second-order valence-corrected chi connectivity index (χ2v) is 5.92. The van der Waals surface area contributed by atoms with Crippen molar-refractivity contribution in [2.75, 3.05) is 12.3 Å². The maximum Gasteiger partial charge on any atom is 0.124 e. The van der Waals surface area contributed by atoms with Gasteiger partial charge in [0, 0.05) is 17.9 Å². The van der Waals surface area contributed by atoms with Gasteiger partial charge in [-0.25, -0.2) is 4.98 Å². The third kappa shape index (κ3) is 2.15. The van der Waals surface area contributed by atoms with Gasteiger partial charge in [-0.05, 0) is 6.92 Å². The first-order chi connectivity index (χ1) is 8.34. The van der Waals surface area contributed by atoms with Crippen molar-refractivity contribution in [3.05, 3.63) is 40.9 Å². The van der Waals surface area contributed by atoms with Crippen LogP contribution in [0, 0.1) is 6.92 Å². The number of aryl methyl sites for hydroxylation is 1. The molecule has 3 rings (SSSR count).